The van der Waals surface area contributed by atoms with E-state index in [4.69, 9.17) is 0 Å². The summed E-state index contributed by atoms with van der Waals surface area (Å²) in [6, 6.07) is 10.7. The second-order valence-electron chi connectivity index (χ2n) is 7.72. The molecule has 1 spiro atoms. The molecule has 0 saturated heterocycles. The average Bonchev–Trinajstić information content (AvgIpc) is 3.44. The van der Waals surface area contributed by atoms with Crippen LogP contribution in [0.2, 0.25) is 0 Å². The van der Waals surface area contributed by atoms with Crippen molar-refractivity contribution in [2.24, 2.45) is 11.3 Å². The molecule has 1 heterocycles. The van der Waals surface area contributed by atoms with Gasteiger partial charge < -0.3 is 5.32 Å². The molecule has 1 amide bonds. The first kappa shape index (κ1) is 14.0. The zero-order chi connectivity index (χ0) is 16.4. The lowest BCUT2D eigenvalue weighted by molar-refractivity contribution is -0.122. The zero-order valence-electron chi connectivity index (χ0n) is 13.5. The Morgan fingerprint density at radius 1 is 1.25 bits per heavy atom. The molecule has 24 heavy (non-hydrogen) atoms. The van der Waals surface area contributed by atoms with Crippen LogP contribution in [0.3, 0.4) is 0 Å². The number of amides is 1. The fraction of sp³-hybridized carbons (Fsp3) is 0.450. The summed E-state index contributed by atoms with van der Waals surface area (Å²) < 4.78 is 0. The van der Waals surface area contributed by atoms with Gasteiger partial charge in [-0.3, -0.25) is 4.79 Å². The Bertz CT molecular complexity index is 905. The van der Waals surface area contributed by atoms with Crippen molar-refractivity contribution in [3.8, 4) is 6.07 Å². The summed E-state index contributed by atoms with van der Waals surface area (Å²) in [5.41, 5.74) is 1.11. The van der Waals surface area contributed by atoms with E-state index in [-0.39, 0.29) is 22.7 Å². The molecule has 3 aliphatic rings. The first-order chi connectivity index (χ1) is 11.7. The minimum absolute atomic E-state index is 0.0804. The van der Waals surface area contributed by atoms with Crippen LogP contribution >= 0.6 is 0 Å². The first-order valence-electron chi connectivity index (χ1n) is 8.78. The van der Waals surface area contributed by atoms with Gasteiger partial charge in [-0.25, -0.2) is 4.98 Å². The van der Waals surface area contributed by atoms with Crippen molar-refractivity contribution in [2.45, 2.75) is 43.9 Å². The lowest BCUT2D eigenvalue weighted by Gasteiger charge is -2.23. The maximum Gasteiger partial charge on any atom is 0.228 e. The van der Waals surface area contributed by atoms with Gasteiger partial charge in [0.25, 0.3) is 0 Å². The average molecular weight is 317 g/mol. The van der Waals surface area contributed by atoms with E-state index in [1.54, 1.807) is 6.20 Å². The van der Waals surface area contributed by atoms with Gasteiger partial charge in [-0.1, -0.05) is 18.6 Å². The second kappa shape index (κ2) is 4.57. The predicted octanol–water partition coefficient (Wildman–Crippen LogP) is 3.92. The molecule has 4 heteroatoms. The molecule has 1 aromatic carbocycles. The van der Waals surface area contributed by atoms with E-state index in [1.807, 2.05) is 12.1 Å². The standard InChI is InChI=1S/C20H19N3O/c21-12-20(11-19(20)6-7-19)16-5-4-14-10-22-17(9-15(14)8-16)23-18(24)13-2-1-3-13/h4-5,8-10,13H,1-3,6-7,11H2,(H,22,23,24). The number of nitrogens with one attached hydrogen (secondary N) is 1. The Morgan fingerprint density at radius 2 is 2.08 bits per heavy atom. The number of fused-ring (bicyclic) bond motifs is 1. The molecule has 5 rings (SSSR count). The SMILES string of the molecule is N#CC1(c2ccc3cnc(NC(=O)C4CCC4)cc3c2)CC12CC2. The molecule has 0 bridgehead atoms. The van der Waals surface area contributed by atoms with Gasteiger partial charge in [-0.2, -0.15) is 5.26 Å². The van der Waals surface area contributed by atoms with Crippen molar-refractivity contribution in [3.63, 3.8) is 0 Å². The van der Waals surface area contributed by atoms with E-state index in [0.29, 0.717) is 5.82 Å². The van der Waals surface area contributed by atoms with E-state index in [2.05, 4.69) is 28.5 Å². The number of carbonyl (C=O) groups is 1. The molecular weight excluding hydrogens is 298 g/mol. The molecule has 0 radical (unpaired) electrons. The first-order valence-corrected chi connectivity index (χ1v) is 8.78. The summed E-state index contributed by atoms with van der Waals surface area (Å²) in [7, 11) is 0. The number of carbonyl (C=O) groups excluding carboxylic acids is 1. The van der Waals surface area contributed by atoms with E-state index in [0.717, 1.165) is 42.0 Å². The number of nitrogens with zero attached hydrogens (tertiary/aromatic N) is 2. The van der Waals surface area contributed by atoms with Crippen LogP contribution in [0.25, 0.3) is 10.8 Å². The van der Waals surface area contributed by atoms with Gasteiger partial charge in [0.05, 0.1) is 11.5 Å². The Kier molecular flexibility index (Phi) is 2.66. The highest BCUT2D eigenvalue weighted by Gasteiger charge is 2.75. The van der Waals surface area contributed by atoms with Crippen LogP contribution in [-0.4, -0.2) is 10.9 Å². The van der Waals surface area contributed by atoms with Gasteiger partial charge in [-0.15, -0.1) is 0 Å². The highest BCUT2D eigenvalue weighted by Crippen LogP contribution is 2.78. The largest absolute Gasteiger partial charge is 0.310 e. The summed E-state index contributed by atoms with van der Waals surface area (Å²) in [5, 5.41) is 14.7. The third kappa shape index (κ3) is 1.84. The maximum absolute atomic E-state index is 12.1. The van der Waals surface area contributed by atoms with Crippen LogP contribution < -0.4 is 5.32 Å². The molecule has 2 aromatic rings. The number of anilines is 1. The minimum Gasteiger partial charge on any atom is -0.310 e. The maximum atomic E-state index is 12.1. The molecule has 3 aliphatic carbocycles. The Hall–Kier alpha value is -2.41. The lowest BCUT2D eigenvalue weighted by Crippen LogP contribution is -2.28. The van der Waals surface area contributed by atoms with Crippen LogP contribution in [-0.2, 0) is 10.2 Å². The summed E-state index contributed by atoms with van der Waals surface area (Å²) in [6.07, 6.45) is 8.26. The normalized spacial score (nSPS) is 26.6. The third-order valence-corrected chi connectivity index (χ3v) is 6.37. The molecule has 0 aliphatic heterocycles. The van der Waals surface area contributed by atoms with Crippen LogP contribution in [0.15, 0.2) is 30.5 Å². The van der Waals surface area contributed by atoms with Gasteiger partial charge in [-0.05, 0) is 60.6 Å². The van der Waals surface area contributed by atoms with Crippen molar-refractivity contribution in [3.05, 3.63) is 36.0 Å². The van der Waals surface area contributed by atoms with Gasteiger partial charge in [0, 0.05) is 17.5 Å². The van der Waals surface area contributed by atoms with E-state index < -0.39 is 0 Å². The molecular formula is C20H19N3O. The molecule has 4 nitrogen and oxygen atoms in total. The number of rotatable bonds is 3. The molecule has 120 valence electrons. The second-order valence-corrected chi connectivity index (χ2v) is 7.72. The van der Waals surface area contributed by atoms with Crippen molar-refractivity contribution in [2.75, 3.05) is 5.32 Å². The Morgan fingerprint density at radius 3 is 2.71 bits per heavy atom. The van der Waals surface area contributed by atoms with Crippen LogP contribution in [0.1, 0.15) is 44.1 Å². The van der Waals surface area contributed by atoms with Gasteiger partial charge in [0.15, 0.2) is 0 Å². The fourth-order valence-corrected chi connectivity index (χ4v) is 4.22. The number of pyridine rings is 1. The predicted molar refractivity (Wildman–Crippen MR) is 91.3 cm³/mol. The zero-order valence-corrected chi connectivity index (χ0v) is 13.5. The molecule has 3 saturated carbocycles. The minimum atomic E-state index is -0.278. The summed E-state index contributed by atoms with van der Waals surface area (Å²) in [6.45, 7) is 0. The highest BCUT2D eigenvalue weighted by molar-refractivity contribution is 5.94. The number of hydrogen-bond donors (Lipinski definition) is 1. The van der Waals surface area contributed by atoms with Crippen molar-refractivity contribution in [1.82, 2.24) is 4.98 Å². The van der Waals surface area contributed by atoms with E-state index in [1.165, 1.54) is 12.8 Å². The number of nitriles is 1. The lowest BCUT2D eigenvalue weighted by atomic mass is 9.85. The van der Waals surface area contributed by atoms with Crippen molar-refractivity contribution in [1.29, 1.82) is 5.26 Å². The van der Waals surface area contributed by atoms with E-state index in [9.17, 15) is 10.1 Å². The molecule has 1 unspecified atom stereocenters. The Labute approximate surface area is 140 Å². The quantitative estimate of drug-likeness (QED) is 0.933. The Balaban J connectivity index is 1.47. The summed E-state index contributed by atoms with van der Waals surface area (Å²) in [5.74, 6) is 0.841. The molecule has 3 fully saturated rings. The monoisotopic (exact) mass is 317 g/mol. The molecule has 1 aromatic heterocycles. The number of benzene rings is 1. The molecule has 1 atom stereocenters. The van der Waals surface area contributed by atoms with Gasteiger partial charge in [0.2, 0.25) is 5.91 Å². The van der Waals surface area contributed by atoms with E-state index >= 15 is 0 Å². The van der Waals surface area contributed by atoms with Crippen molar-refractivity contribution >= 4 is 22.5 Å². The van der Waals surface area contributed by atoms with Gasteiger partial charge >= 0.3 is 0 Å². The van der Waals surface area contributed by atoms with Gasteiger partial charge in [0.1, 0.15) is 5.82 Å². The number of aromatic nitrogens is 1. The van der Waals surface area contributed by atoms with Crippen LogP contribution in [0.5, 0.6) is 0 Å². The highest BCUT2D eigenvalue weighted by atomic mass is 16.2. The van der Waals surface area contributed by atoms with Crippen molar-refractivity contribution < 1.29 is 4.79 Å². The fourth-order valence-electron chi connectivity index (χ4n) is 4.22. The summed E-state index contributed by atoms with van der Waals surface area (Å²) in [4.78, 5) is 16.5. The molecule has 1 N–H and O–H groups in total. The van der Waals surface area contributed by atoms with Crippen LogP contribution in [0.4, 0.5) is 5.82 Å². The topological polar surface area (TPSA) is 65.8 Å². The third-order valence-electron chi connectivity index (χ3n) is 6.37. The smallest absolute Gasteiger partial charge is 0.228 e. The van der Waals surface area contributed by atoms with Crippen LogP contribution in [0, 0.1) is 22.7 Å². The summed E-state index contributed by atoms with van der Waals surface area (Å²) >= 11 is 0. The number of hydrogen-bond acceptors (Lipinski definition) is 3.